The molecule has 0 aromatic carbocycles. The molecule has 8 heteroatoms. The van der Waals surface area contributed by atoms with Crippen molar-refractivity contribution in [3.8, 4) is 0 Å². The van der Waals surface area contributed by atoms with Gasteiger partial charge >= 0.3 is 5.69 Å². The van der Waals surface area contributed by atoms with Gasteiger partial charge < -0.3 is 25.4 Å². The summed E-state index contributed by atoms with van der Waals surface area (Å²) < 4.78 is 11.7. The van der Waals surface area contributed by atoms with E-state index in [1.54, 1.807) is 6.92 Å². The van der Waals surface area contributed by atoms with E-state index in [0.29, 0.717) is 5.56 Å². The van der Waals surface area contributed by atoms with Gasteiger partial charge in [-0.3, -0.25) is 4.57 Å². The smallest absolute Gasteiger partial charge is 0.351 e. The minimum Gasteiger partial charge on any atom is -0.391 e. The maximum Gasteiger partial charge on any atom is 0.351 e. The quantitative estimate of drug-likeness (QED) is 0.628. The molecule has 1 aromatic rings. The molecule has 4 N–H and O–H groups in total. The number of aromatic nitrogens is 2. The molecule has 1 fully saturated rings. The minimum atomic E-state index is -1.72. The lowest BCUT2D eigenvalue weighted by Crippen LogP contribution is -2.35. The number of ether oxygens (including phenoxy) is 2. The average molecular weight is 271 g/mol. The van der Waals surface area contributed by atoms with Crippen LogP contribution in [0.25, 0.3) is 0 Å². The zero-order valence-electron chi connectivity index (χ0n) is 10.7. The van der Waals surface area contributed by atoms with Gasteiger partial charge in [0, 0.05) is 25.3 Å². The highest BCUT2D eigenvalue weighted by Gasteiger charge is 2.46. The highest BCUT2D eigenvalue weighted by molar-refractivity contribution is 5.35. The lowest BCUT2D eigenvalue weighted by Gasteiger charge is -2.21. The van der Waals surface area contributed by atoms with Crippen molar-refractivity contribution in [1.82, 2.24) is 9.55 Å². The van der Waals surface area contributed by atoms with Crippen molar-refractivity contribution in [2.45, 2.75) is 31.5 Å². The number of rotatable bonds is 3. The van der Waals surface area contributed by atoms with Crippen LogP contribution in [0.1, 0.15) is 18.2 Å². The Bertz CT molecular complexity index is 532. The Morgan fingerprint density at radius 2 is 2.42 bits per heavy atom. The van der Waals surface area contributed by atoms with E-state index in [-0.39, 0.29) is 12.2 Å². The van der Waals surface area contributed by atoms with E-state index in [2.05, 4.69) is 4.98 Å². The molecule has 0 amide bonds. The number of aliphatic hydroxyl groups is 2. The molecular formula is C11H17N3O5. The van der Waals surface area contributed by atoms with Crippen LogP contribution in [-0.4, -0.2) is 45.4 Å². The molecule has 0 unspecified atom stereocenters. The Morgan fingerprint density at radius 3 is 3.00 bits per heavy atom. The topological polar surface area (TPSA) is 120 Å². The number of aryl methyl sites for hydroxylation is 1. The van der Waals surface area contributed by atoms with Gasteiger partial charge in [-0.25, -0.2) is 4.79 Å². The van der Waals surface area contributed by atoms with E-state index in [1.807, 2.05) is 0 Å². The fraction of sp³-hybridized carbons (Fsp3) is 0.636. The van der Waals surface area contributed by atoms with Gasteiger partial charge in [0.15, 0.2) is 12.0 Å². The third-order valence-electron chi connectivity index (χ3n) is 3.18. The first-order valence-electron chi connectivity index (χ1n) is 5.79. The molecular weight excluding hydrogens is 254 g/mol. The summed E-state index contributed by atoms with van der Waals surface area (Å²) in [6.45, 7) is 1.12. The maximum atomic E-state index is 11.8. The predicted molar refractivity (Wildman–Crippen MR) is 65.2 cm³/mol. The van der Waals surface area contributed by atoms with Crippen molar-refractivity contribution in [3.63, 3.8) is 0 Å². The minimum absolute atomic E-state index is 0.0561. The molecule has 2 heterocycles. The van der Waals surface area contributed by atoms with Crippen molar-refractivity contribution < 1.29 is 19.7 Å². The monoisotopic (exact) mass is 271 g/mol. The summed E-state index contributed by atoms with van der Waals surface area (Å²) in [6.07, 6.45) is 0.117. The number of nitrogen functional groups attached to an aromatic ring is 1. The maximum absolute atomic E-state index is 11.8. The van der Waals surface area contributed by atoms with Crippen molar-refractivity contribution >= 4 is 5.82 Å². The third kappa shape index (κ3) is 2.47. The molecule has 2 rings (SSSR count). The summed E-state index contributed by atoms with van der Waals surface area (Å²) in [7, 11) is 1.44. The van der Waals surface area contributed by atoms with Crippen molar-refractivity contribution in [3.05, 3.63) is 22.2 Å². The number of nitrogens with zero attached hydrogens (tertiary/aromatic N) is 2. The molecule has 3 atom stereocenters. The zero-order chi connectivity index (χ0) is 14.2. The first-order chi connectivity index (χ1) is 8.90. The number of methoxy groups -OCH3 is 1. The molecule has 8 nitrogen and oxygen atoms in total. The van der Waals surface area contributed by atoms with Crippen molar-refractivity contribution in [2.75, 3.05) is 19.5 Å². The van der Waals surface area contributed by atoms with Crippen LogP contribution in [0.5, 0.6) is 0 Å². The molecule has 0 aliphatic carbocycles. The van der Waals surface area contributed by atoms with E-state index < -0.39 is 30.4 Å². The standard InChI is InChI=1S/C11H17N3O5/c1-6-4-14(10(16)13-8(6)12)9-7(18-2)3-11(17,5-15)19-9/h4,7,9,15,17H,3,5H2,1-2H3,(H2,12,13,16)/t7-,9-,11+/m1/s1. The lowest BCUT2D eigenvalue weighted by atomic mass is 10.1. The number of anilines is 1. The second-order valence-corrected chi connectivity index (χ2v) is 4.59. The van der Waals surface area contributed by atoms with Gasteiger partial charge in [0.05, 0.1) is 6.61 Å². The van der Waals surface area contributed by atoms with Gasteiger partial charge in [-0.2, -0.15) is 4.98 Å². The summed E-state index contributed by atoms with van der Waals surface area (Å²) in [4.78, 5) is 15.5. The van der Waals surface area contributed by atoms with E-state index >= 15 is 0 Å². The third-order valence-corrected chi connectivity index (χ3v) is 3.18. The first kappa shape index (κ1) is 13.9. The first-order valence-corrected chi connectivity index (χ1v) is 5.79. The van der Waals surface area contributed by atoms with Gasteiger partial charge in [0.2, 0.25) is 0 Å². The van der Waals surface area contributed by atoms with Crippen LogP contribution in [0, 0.1) is 6.92 Å². The van der Waals surface area contributed by atoms with Crippen LogP contribution in [-0.2, 0) is 9.47 Å². The highest BCUT2D eigenvalue weighted by Crippen LogP contribution is 2.35. The summed E-state index contributed by atoms with van der Waals surface area (Å²) in [5.74, 6) is -1.58. The molecule has 0 radical (unpaired) electrons. The summed E-state index contributed by atoms with van der Waals surface area (Å²) >= 11 is 0. The molecule has 1 aliphatic rings. The number of aliphatic hydroxyl groups excluding tert-OH is 1. The van der Waals surface area contributed by atoms with Crippen molar-refractivity contribution in [1.29, 1.82) is 0 Å². The average Bonchev–Trinajstić information content (AvgIpc) is 2.72. The molecule has 106 valence electrons. The van der Waals surface area contributed by atoms with Crippen LogP contribution in [0.4, 0.5) is 5.82 Å². The van der Waals surface area contributed by atoms with Crippen molar-refractivity contribution in [2.24, 2.45) is 0 Å². The van der Waals surface area contributed by atoms with Gasteiger partial charge in [-0.15, -0.1) is 0 Å². The van der Waals surface area contributed by atoms with Crippen LogP contribution in [0.3, 0.4) is 0 Å². The van der Waals surface area contributed by atoms with Gasteiger partial charge in [-0.1, -0.05) is 0 Å². The van der Waals surface area contributed by atoms with E-state index in [1.165, 1.54) is 17.9 Å². The molecule has 1 aromatic heterocycles. The number of hydrogen-bond donors (Lipinski definition) is 3. The lowest BCUT2D eigenvalue weighted by molar-refractivity contribution is -0.228. The van der Waals surface area contributed by atoms with Crippen LogP contribution >= 0.6 is 0 Å². The molecule has 0 bridgehead atoms. The van der Waals surface area contributed by atoms with E-state index in [9.17, 15) is 9.90 Å². The Morgan fingerprint density at radius 1 is 1.74 bits per heavy atom. The van der Waals surface area contributed by atoms with Crippen LogP contribution < -0.4 is 11.4 Å². The summed E-state index contributed by atoms with van der Waals surface area (Å²) in [5.41, 5.74) is 5.56. The van der Waals surface area contributed by atoms with Gasteiger partial charge in [-0.05, 0) is 6.92 Å². The Hall–Kier alpha value is -1.48. The fourth-order valence-corrected chi connectivity index (χ4v) is 2.06. The Labute approximate surface area is 109 Å². The number of hydrogen-bond acceptors (Lipinski definition) is 7. The van der Waals surface area contributed by atoms with E-state index in [4.69, 9.17) is 20.3 Å². The van der Waals surface area contributed by atoms with Gasteiger partial charge in [0.1, 0.15) is 11.9 Å². The largest absolute Gasteiger partial charge is 0.391 e. The second-order valence-electron chi connectivity index (χ2n) is 4.59. The zero-order valence-corrected chi connectivity index (χ0v) is 10.7. The second kappa shape index (κ2) is 4.89. The van der Waals surface area contributed by atoms with Gasteiger partial charge in [0.25, 0.3) is 0 Å². The predicted octanol–water partition coefficient (Wildman–Crippen LogP) is -1.25. The van der Waals surface area contributed by atoms with E-state index in [0.717, 1.165) is 0 Å². The molecule has 0 saturated carbocycles. The van der Waals surface area contributed by atoms with Crippen LogP contribution in [0.2, 0.25) is 0 Å². The SMILES string of the molecule is CO[C@@H]1C[C@@](O)(CO)O[C@H]1n1cc(C)c(N)nc1=O. The summed E-state index contributed by atoms with van der Waals surface area (Å²) in [6, 6.07) is 0. The van der Waals surface area contributed by atoms with Crippen LogP contribution in [0.15, 0.2) is 11.0 Å². The molecule has 0 spiro atoms. The Balaban J connectivity index is 2.41. The fourth-order valence-electron chi connectivity index (χ4n) is 2.06. The Kier molecular flexibility index (Phi) is 3.59. The molecule has 1 aliphatic heterocycles. The molecule has 1 saturated heterocycles. The normalized spacial score (nSPS) is 30.7. The summed E-state index contributed by atoms with van der Waals surface area (Å²) in [5, 5.41) is 19.1. The highest BCUT2D eigenvalue weighted by atomic mass is 16.7. The molecule has 19 heavy (non-hydrogen) atoms. The number of nitrogens with two attached hydrogens (primary N) is 1.